The van der Waals surface area contributed by atoms with Crippen molar-refractivity contribution in [2.75, 3.05) is 13.1 Å². The van der Waals surface area contributed by atoms with E-state index >= 15 is 0 Å². The molecule has 0 radical (unpaired) electrons. The van der Waals surface area contributed by atoms with E-state index in [1.165, 1.54) is 0 Å². The lowest BCUT2D eigenvalue weighted by Gasteiger charge is -2.18. The van der Waals surface area contributed by atoms with Gasteiger partial charge in [0.05, 0.1) is 0 Å². The van der Waals surface area contributed by atoms with Crippen LogP contribution in [-0.4, -0.2) is 32.9 Å². The zero-order chi connectivity index (χ0) is 11.6. The molecule has 1 heterocycles. The van der Waals surface area contributed by atoms with E-state index in [4.69, 9.17) is 9.88 Å². The van der Waals surface area contributed by atoms with Gasteiger partial charge in [-0.05, 0) is 12.1 Å². The van der Waals surface area contributed by atoms with Crippen LogP contribution in [0, 0.1) is 0 Å². The molecule has 16 heavy (non-hydrogen) atoms. The summed E-state index contributed by atoms with van der Waals surface area (Å²) in [6.45, 7) is 0.840. The second-order valence-corrected chi connectivity index (χ2v) is 5.54. The zero-order valence-corrected chi connectivity index (χ0v) is 9.48. The molecule has 0 bridgehead atoms. The minimum Gasteiger partial charge on any atom is -0.488 e. The van der Waals surface area contributed by atoms with Crippen LogP contribution in [0.1, 0.15) is 0 Å². The average Bonchev–Trinajstić information content (AvgIpc) is 2.67. The first-order chi connectivity index (χ1) is 7.57. The molecule has 1 aliphatic rings. The molecule has 3 N–H and O–H groups in total. The monoisotopic (exact) mass is 242 g/mol. The first-order valence-corrected chi connectivity index (χ1v) is 6.62. The molecule has 0 spiro atoms. The van der Waals surface area contributed by atoms with Crippen molar-refractivity contribution in [1.82, 2.24) is 5.32 Å². The highest BCUT2D eigenvalue weighted by atomic mass is 32.2. The molecule has 0 saturated carbocycles. The highest BCUT2D eigenvalue weighted by Gasteiger charge is 2.37. The van der Waals surface area contributed by atoms with Crippen molar-refractivity contribution in [1.29, 1.82) is 0 Å². The lowest BCUT2D eigenvalue weighted by atomic mass is 10.3. The zero-order valence-electron chi connectivity index (χ0n) is 8.67. The molecule has 1 aromatic rings. The van der Waals surface area contributed by atoms with Gasteiger partial charge in [0.15, 0.2) is 0 Å². The largest absolute Gasteiger partial charge is 0.488 e. The molecule has 1 aromatic carbocycles. The Hall–Kier alpha value is -1.11. The van der Waals surface area contributed by atoms with E-state index in [0.717, 1.165) is 0 Å². The Kier molecular flexibility index (Phi) is 3.13. The molecule has 0 aliphatic carbocycles. The Morgan fingerprint density at radius 1 is 1.25 bits per heavy atom. The van der Waals surface area contributed by atoms with Crippen LogP contribution in [0.25, 0.3) is 0 Å². The first kappa shape index (κ1) is 11.4. The Balaban J connectivity index is 2.11. The maximum atomic E-state index is 11.3. The lowest BCUT2D eigenvalue weighted by molar-refractivity contribution is 0.224. The van der Waals surface area contributed by atoms with E-state index in [2.05, 4.69) is 5.32 Å². The van der Waals surface area contributed by atoms with E-state index in [1.807, 2.05) is 18.2 Å². The summed E-state index contributed by atoms with van der Waals surface area (Å²) < 4.78 is 28.2. The van der Waals surface area contributed by atoms with Crippen LogP contribution in [0.4, 0.5) is 0 Å². The molecule has 0 aromatic heterocycles. The summed E-state index contributed by atoms with van der Waals surface area (Å²) in [5.74, 6) is 0.657. The third-order valence-corrected chi connectivity index (χ3v) is 3.87. The smallest absolute Gasteiger partial charge is 0.216 e. The molecule has 5 nitrogen and oxygen atoms in total. The highest BCUT2D eigenvalue weighted by Crippen LogP contribution is 2.17. The Morgan fingerprint density at radius 3 is 2.56 bits per heavy atom. The van der Waals surface area contributed by atoms with Gasteiger partial charge in [-0.3, -0.25) is 0 Å². The van der Waals surface area contributed by atoms with Gasteiger partial charge in [0.1, 0.15) is 17.1 Å². The van der Waals surface area contributed by atoms with Gasteiger partial charge in [-0.25, -0.2) is 13.6 Å². The van der Waals surface area contributed by atoms with Crippen LogP contribution in [0.5, 0.6) is 5.75 Å². The van der Waals surface area contributed by atoms with Crippen molar-refractivity contribution >= 4 is 10.0 Å². The summed E-state index contributed by atoms with van der Waals surface area (Å²) in [6, 6.07) is 9.13. The maximum absolute atomic E-state index is 11.3. The minimum atomic E-state index is -3.56. The third kappa shape index (κ3) is 2.52. The maximum Gasteiger partial charge on any atom is 0.216 e. The topological polar surface area (TPSA) is 81.4 Å². The molecule has 6 heteroatoms. The van der Waals surface area contributed by atoms with Crippen LogP contribution in [-0.2, 0) is 10.0 Å². The molecule has 2 rings (SSSR count). The number of ether oxygens (including phenoxy) is 1. The van der Waals surface area contributed by atoms with Gasteiger partial charge in [-0.2, -0.15) is 0 Å². The van der Waals surface area contributed by atoms with Gasteiger partial charge >= 0.3 is 0 Å². The van der Waals surface area contributed by atoms with Gasteiger partial charge in [-0.1, -0.05) is 18.2 Å². The first-order valence-electron chi connectivity index (χ1n) is 5.01. The molecule has 1 fully saturated rings. The second-order valence-electron chi connectivity index (χ2n) is 3.76. The molecular formula is C10H14N2O3S. The van der Waals surface area contributed by atoms with E-state index in [9.17, 15) is 8.42 Å². The summed E-state index contributed by atoms with van der Waals surface area (Å²) in [5, 5.41) is 7.43. The van der Waals surface area contributed by atoms with E-state index in [-0.39, 0.29) is 0 Å². The van der Waals surface area contributed by atoms with Crippen LogP contribution in [0.2, 0.25) is 0 Å². The fourth-order valence-electron chi connectivity index (χ4n) is 1.75. The van der Waals surface area contributed by atoms with Crippen molar-refractivity contribution in [2.24, 2.45) is 5.14 Å². The van der Waals surface area contributed by atoms with E-state index < -0.39 is 21.4 Å². The third-order valence-electron chi connectivity index (χ3n) is 2.56. The fraction of sp³-hybridized carbons (Fsp3) is 0.400. The molecule has 2 atom stereocenters. The molecule has 2 unspecified atom stereocenters. The number of hydrogen-bond acceptors (Lipinski definition) is 4. The van der Waals surface area contributed by atoms with Crippen LogP contribution in [0.3, 0.4) is 0 Å². The fourth-order valence-corrected chi connectivity index (χ4v) is 2.67. The van der Waals surface area contributed by atoms with Crippen LogP contribution < -0.4 is 15.2 Å². The average molecular weight is 242 g/mol. The van der Waals surface area contributed by atoms with E-state index in [0.29, 0.717) is 18.8 Å². The van der Waals surface area contributed by atoms with Gasteiger partial charge in [-0.15, -0.1) is 0 Å². The Labute approximate surface area is 94.6 Å². The number of rotatable bonds is 3. The number of benzene rings is 1. The number of sulfonamides is 1. The van der Waals surface area contributed by atoms with Crippen molar-refractivity contribution in [3.8, 4) is 5.75 Å². The number of nitrogens with one attached hydrogen (secondary N) is 1. The predicted octanol–water partition coefficient (Wildman–Crippen LogP) is -0.306. The quantitative estimate of drug-likeness (QED) is 0.762. The van der Waals surface area contributed by atoms with Crippen molar-refractivity contribution in [3.63, 3.8) is 0 Å². The normalized spacial score (nSPS) is 25.6. The number of nitrogens with two attached hydrogens (primary N) is 1. The van der Waals surface area contributed by atoms with Crippen LogP contribution in [0.15, 0.2) is 30.3 Å². The van der Waals surface area contributed by atoms with Gasteiger partial charge in [0.25, 0.3) is 0 Å². The molecular weight excluding hydrogens is 228 g/mol. The lowest BCUT2D eigenvalue weighted by Crippen LogP contribution is -2.40. The number of hydrogen-bond donors (Lipinski definition) is 2. The van der Waals surface area contributed by atoms with Gasteiger partial charge < -0.3 is 10.1 Å². The summed E-state index contributed by atoms with van der Waals surface area (Å²) in [5.41, 5.74) is 0. The van der Waals surface area contributed by atoms with Crippen molar-refractivity contribution in [3.05, 3.63) is 30.3 Å². The van der Waals surface area contributed by atoms with Gasteiger partial charge in [0, 0.05) is 13.1 Å². The SMILES string of the molecule is NS(=O)(=O)C1CNCC1Oc1ccccc1. The summed E-state index contributed by atoms with van der Waals surface area (Å²) in [6.07, 6.45) is -0.419. The summed E-state index contributed by atoms with van der Waals surface area (Å²) in [4.78, 5) is 0. The predicted molar refractivity (Wildman–Crippen MR) is 60.6 cm³/mol. The van der Waals surface area contributed by atoms with Gasteiger partial charge in [0.2, 0.25) is 10.0 Å². The Morgan fingerprint density at radius 2 is 1.94 bits per heavy atom. The molecule has 0 amide bonds. The van der Waals surface area contributed by atoms with E-state index in [1.54, 1.807) is 12.1 Å². The summed E-state index contributed by atoms with van der Waals surface area (Å²) >= 11 is 0. The standard InChI is InChI=1S/C10H14N2O3S/c11-16(13,14)10-7-12-6-9(10)15-8-4-2-1-3-5-8/h1-5,9-10,12H,6-7H2,(H2,11,13,14). The second kappa shape index (κ2) is 4.40. The molecule has 1 saturated heterocycles. The number of para-hydroxylation sites is 1. The minimum absolute atomic E-state index is 0.344. The Bertz CT molecular complexity index is 446. The number of primary sulfonamides is 1. The summed E-state index contributed by atoms with van der Waals surface area (Å²) in [7, 11) is -3.56. The molecule has 88 valence electrons. The highest BCUT2D eigenvalue weighted by molar-refractivity contribution is 7.89. The van der Waals surface area contributed by atoms with Crippen molar-refractivity contribution in [2.45, 2.75) is 11.4 Å². The molecule has 1 aliphatic heterocycles. The van der Waals surface area contributed by atoms with Crippen LogP contribution >= 0.6 is 0 Å². The van der Waals surface area contributed by atoms with Crippen molar-refractivity contribution < 1.29 is 13.2 Å².